The SMILES string of the molecule is C=C(N)[C@@H]1C(C)=CC2CN1C(=O)N2O[C@@H](F)C(=O)O[C@H](C)CC. The number of rotatable bonds is 6. The van der Waals surface area contributed by atoms with Gasteiger partial charge in [0.15, 0.2) is 0 Å². The first-order valence-electron chi connectivity index (χ1n) is 7.50. The summed E-state index contributed by atoms with van der Waals surface area (Å²) in [5.41, 5.74) is 6.88. The minimum absolute atomic E-state index is 0.296. The number of carbonyl (C=O) groups excluding carboxylic acids is 2. The molecule has 0 radical (unpaired) electrons. The van der Waals surface area contributed by atoms with E-state index in [0.29, 0.717) is 18.7 Å². The fourth-order valence-corrected chi connectivity index (χ4v) is 2.69. The molecule has 0 spiro atoms. The molecule has 1 saturated heterocycles. The third-order valence-electron chi connectivity index (χ3n) is 3.95. The van der Waals surface area contributed by atoms with Crippen LogP contribution in [0.2, 0.25) is 0 Å². The summed E-state index contributed by atoms with van der Waals surface area (Å²) in [4.78, 5) is 30.3. The molecule has 2 aliphatic rings. The van der Waals surface area contributed by atoms with Gasteiger partial charge in [-0.2, -0.15) is 5.06 Å². The van der Waals surface area contributed by atoms with E-state index in [-0.39, 0.29) is 0 Å². The van der Waals surface area contributed by atoms with Crippen molar-refractivity contribution in [3.63, 3.8) is 0 Å². The number of alkyl halides is 1. The average molecular weight is 327 g/mol. The van der Waals surface area contributed by atoms with Crippen LogP contribution < -0.4 is 5.73 Å². The minimum atomic E-state index is -2.36. The van der Waals surface area contributed by atoms with Gasteiger partial charge in [-0.25, -0.2) is 18.8 Å². The zero-order valence-corrected chi connectivity index (χ0v) is 13.5. The number of urea groups is 1. The summed E-state index contributed by atoms with van der Waals surface area (Å²) >= 11 is 0. The Kier molecular flexibility index (Phi) is 4.93. The lowest BCUT2D eigenvalue weighted by Gasteiger charge is -2.30. The minimum Gasteiger partial charge on any atom is -0.459 e. The Hall–Kier alpha value is -2.09. The van der Waals surface area contributed by atoms with Crippen LogP contribution in [0.1, 0.15) is 27.2 Å². The predicted octanol–water partition coefficient (Wildman–Crippen LogP) is 1.46. The van der Waals surface area contributed by atoms with Gasteiger partial charge in [0.1, 0.15) is 0 Å². The van der Waals surface area contributed by atoms with Crippen LogP contribution in [0.25, 0.3) is 0 Å². The molecule has 2 amide bonds. The topological polar surface area (TPSA) is 85.1 Å². The number of esters is 1. The van der Waals surface area contributed by atoms with Crippen LogP contribution in [0.15, 0.2) is 23.9 Å². The summed E-state index contributed by atoms with van der Waals surface area (Å²) in [5.74, 6) is -1.15. The maximum absolute atomic E-state index is 14.0. The lowest BCUT2D eigenvalue weighted by molar-refractivity contribution is -0.225. The van der Waals surface area contributed by atoms with Crippen molar-refractivity contribution < 1.29 is 23.6 Å². The molecular weight excluding hydrogens is 305 g/mol. The Labute approximate surface area is 134 Å². The molecule has 2 bridgehead atoms. The van der Waals surface area contributed by atoms with Crippen molar-refractivity contribution in [2.75, 3.05) is 6.54 Å². The fraction of sp³-hybridized carbons (Fsp3) is 0.600. The van der Waals surface area contributed by atoms with Gasteiger partial charge in [0.2, 0.25) is 0 Å². The Bertz CT molecular complexity index is 551. The molecule has 2 rings (SSSR count). The number of hydrogen-bond acceptors (Lipinski definition) is 5. The van der Waals surface area contributed by atoms with Gasteiger partial charge >= 0.3 is 18.4 Å². The van der Waals surface area contributed by atoms with Gasteiger partial charge in [-0.15, -0.1) is 0 Å². The van der Waals surface area contributed by atoms with E-state index in [1.807, 2.05) is 6.92 Å². The number of ether oxygens (including phenoxy) is 1. The molecule has 1 unspecified atom stereocenters. The summed E-state index contributed by atoms with van der Waals surface area (Å²) in [6.07, 6.45) is -0.466. The predicted molar refractivity (Wildman–Crippen MR) is 80.4 cm³/mol. The second kappa shape index (κ2) is 6.57. The molecule has 128 valence electrons. The summed E-state index contributed by atoms with van der Waals surface area (Å²) in [6, 6.07) is -1.48. The van der Waals surface area contributed by atoms with Crippen LogP contribution in [0, 0.1) is 0 Å². The molecule has 0 aromatic rings. The molecule has 4 atom stereocenters. The van der Waals surface area contributed by atoms with Crippen molar-refractivity contribution in [3.8, 4) is 0 Å². The van der Waals surface area contributed by atoms with E-state index in [4.69, 9.17) is 15.3 Å². The number of fused-ring (bicyclic) bond motifs is 2. The Balaban J connectivity index is 2.07. The van der Waals surface area contributed by atoms with Gasteiger partial charge in [-0.3, -0.25) is 0 Å². The molecule has 8 heteroatoms. The highest BCUT2D eigenvalue weighted by Crippen LogP contribution is 2.31. The first-order chi connectivity index (χ1) is 10.8. The molecule has 23 heavy (non-hydrogen) atoms. The highest BCUT2D eigenvalue weighted by Gasteiger charge is 2.47. The first-order valence-corrected chi connectivity index (χ1v) is 7.50. The van der Waals surface area contributed by atoms with Crippen LogP contribution in [0.4, 0.5) is 9.18 Å². The molecule has 0 aromatic heterocycles. The van der Waals surface area contributed by atoms with Crippen LogP contribution in [0.5, 0.6) is 0 Å². The number of halogens is 1. The second-order valence-electron chi connectivity index (χ2n) is 5.79. The molecule has 7 nitrogen and oxygen atoms in total. The Morgan fingerprint density at radius 1 is 1.61 bits per heavy atom. The van der Waals surface area contributed by atoms with Gasteiger partial charge in [0, 0.05) is 5.70 Å². The maximum Gasteiger partial charge on any atom is 0.371 e. The highest BCUT2D eigenvalue weighted by atomic mass is 19.1. The van der Waals surface area contributed by atoms with Crippen molar-refractivity contribution in [2.45, 2.75) is 51.7 Å². The molecule has 1 fully saturated rings. The van der Waals surface area contributed by atoms with Crippen LogP contribution in [0.3, 0.4) is 0 Å². The summed E-state index contributed by atoms with van der Waals surface area (Å²) in [5, 5.41) is 0.856. The van der Waals surface area contributed by atoms with Crippen molar-refractivity contribution in [3.05, 3.63) is 23.9 Å². The fourth-order valence-electron chi connectivity index (χ4n) is 2.69. The van der Waals surface area contributed by atoms with Crippen molar-refractivity contribution >= 4 is 12.0 Å². The third kappa shape index (κ3) is 3.31. The van der Waals surface area contributed by atoms with Gasteiger partial charge in [-0.05, 0) is 25.8 Å². The smallest absolute Gasteiger partial charge is 0.371 e. The largest absolute Gasteiger partial charge is 0.459 e. The second-order valence-corrected chi connectivity index (χ2v) is 5.79. The lowest BCUT2D eigenvalue weighted by atomic mass is 9.99. The molecular formula is C15H22FN3O4. The van der Waals surface area contributed by atoms with E-state index >= 15 is 0 Å². The Morgan fingerprint density at radius 3 is 2.83 bits per heavy atom. The molecule has 2 heterocycles. The number of hydroxylamine groups is 2. The van der Waals surface area contributed by atoms with Gasteiger partial charge in [-0.1, -0.05) is 19.6 Å². The lowest BCUT2D eigenvalue weighted by Crippen LogP contribution is -2.43. The quantitative estimate of drug-likeness (QED) is 0.590. The third-order valence-corrected chi connectivity index (χ3v) is 3.95. The van der Waals surface area contributed by atoms with Gasteiger partial charge in [0.05, 0.1) is 24.7 Å². The molecule has 0 aliphatic carbocycles. The van der Waals surface area contributed by atoms with E-state index in [2.05, 4.69) is 6.58 Å². The summed E-state index contributed by atoms with van der Waals surface area (Å²) in [6.45, 7) is 9.23. The number of hydrogen-bond donors (Lipinski definition) is 1. The average Bonchev–Trinajstić information content (AvgIpc) is 2.71. The molecule has 0 aromatic carbocycles. The number of carbonyl (C=O) groups is 2. The van der Waals surface area contributed by atoms with E-state index in [1.54, 1.807) is 19.9 Å². The molecule has 2 aliphatic heterocycles. The number of nitrogens with zero attached hydrogens (tertiary/aromatic N) is 2. The maximum atomic E-state index is 14.0. The van der Waals surface area contributed by atoms with Gasteiger partial charge < -0.3 is 15.4 Å². The normalized spacial score (nSPS) is 25.9. The zero-order chi connectivity index (χ0) is 17.3. The van der Waals surface area contributed by atoms with E-state index in [9.17, 15) is 14.0 Å². The van der Waals surface area contributed by atoms with Crippen molar-refractivity contribution in [2.24, 2.45) is 5.73 Å². The monoisotopic (exact) mass is 327 g/mol. The van der Waals surface area contributed by atoms with E-state index < -0.39 is 36.5 Å². The van der Waals surface area contributed by atoms with Crippen LogP contribution in [-0.2, 0) is 14.4 Å². The standard InChI is InChI=1S/C15H22FN3O4/c1-5-9(3)22-14(20)13(16)23-19-11-6-8(2)12(10(4)17)18(7-11)15(19)21/h6,9,11-13H,4-5,7,17H2,1-3H3/t9-,11?,12+,13-/m1/s1. The van der Waals surface area contributed by atoms with E-state index in [1.165, 1.54) is 4.90 Å². The van der Waals surface area contributed by atoms with Crippen LogP contribution >= 0.6 is 0 Å². The number of amides is 2. The highest BCUT2D eigenvalue weighted by molar-refractivity contribution is 5.79. The molecule has 2 N–H and O–H groups in total. The number of nitrogens with two attached hydrogens (primary N) is 1. The van der Waals surface area contributed by atoms with E-state index in [0.717, 1.165) is 10.6 Å². The Morgan fingerprint density at radius 2 is 2.26 bits per heavy atom. The van der Waals surface area contributed by atoms with Crippen molar-refractivity contribution in [1.29, 1.82) is 0 Å². The zero-order valence-electron chi connectivity index (χ0n) is 13.5. The summed E-state index contributed by atoms with van der Waals surface area (Å²) < 4.78 is 18.8. The first kappa shape index (κ1) is 17.3. The van der Waals surface area contributed by atoms with Gasteiger partial charge in [0.25, 0.3) is 0 Å². The van der Waals surface area contributed by atoms with Crippen LogP contribution in [-0.4, -0.2) is 53.1 Å². The summed E-state index contributed by atoms with van der Waals surface area (Å²) in [7, 11) is 0. The molecule has 0 saturated carbocycles. The van der Waals surface area contributed by atoms with Crippen molar-refractivity contribution in [1.82, 2.24) is 9.96 Å².